The Bertz CT molecular complexity index is 705. The zero-order valence-electron chi connectivity index (χ0n) is 13.1. The molecule has 1 aliphatic rings. The number of thiazole rings is 1. The fourth-order valence-electron chi connectivity index (χ4n) is 2.41. The van der Waals surface area contributed by atoms with Gasteiger partial charge in [-0.25, -0.2) is 9.97 Å². The van der Waals surface area contributed by atoms with Crippen molar-refractivity contribution in [2.75, 3.05) is 25.0 Å². The summed E-state index contributed by atoms with van der Waals surface area (Å²) in [5.41, 5.74) is 0. The molecule has 2 N–H and O–H groups in total. The summed E-state index contributed by atoms with van der Waals surface area (Å²) in [5.74, 6) is 0.630. The van der Waals surface area contributed by atoms with Gasteiger partial charge in [-0.1, -0.05) is 11.3 Å². The van der Waals surface area contributed by atoms with Crippen molar-refractivity contribution in [2.24, 2.45) is 0 Å². The lowest BCUT2D eigenvalue weighted by Crippen LogP contribution is -2.30. The molecule has 0 bridgehead atoms. The molecule has 9 heteroatoms. The number of carbonyl (C=O) groups is 2. The molecule has 2 aromatic rings. The molecule has 3 heterocycles. The molecule has 0 spiro atoms. The minimum Gasteiger partial charge on any atom is -0.351 e. The predicted octanol–water partition coefficient (Wildman–Crippen LogP) is 1.42. The molecule has 0 unspecified atom stereocenters. The van der Waals surface area contributed by atoms with Gasteiger partial charge in [0.1, 0.15) is 4.88 Å². The van der Waals surface area contributed by atoms with Crippen molar-refractivity contribution in [2.45, 2.75) is 19.3 Å². The fraction of sp³-hybridized carbons (Fsp3) is 0.400. The summed E-state index contributed by atoms with van der Waals surface area (Å²) in [5, 5.41) is 6.44. The van der Waals surface area contributed by atoms with E-state index in [1.807, 2.05) is 4.90 Å². The second-order valence-electron chi connectivity index (χ2n) is 5.34. The van der Waals surface area contributed by atoms with Gasteiger partial charge in [0.05, 0.1) is 12.4 Å². The molecule has 0 saturated carbocycles. The first kappa shape index (κ1) is 16.3. The molecule has 2 aromatic heterocycles. The van der Waals surface area contributed by atoms with Crippen molar-refractivity contribution >= 4 is 34.1 Å². The van der Waals surface area contributed by atoms with Gasteiger partial charge >= 0.3 is 0 Å². The Morgan fingerprint density at radius 2 is 2.21 bits per heavy atom. The zero-order valence-corrected chi connectivity index (χ0v) is 13.9. The first-order chi connectivity index (χ1) is 11.7. The largest absolute Gasteiger partial charge is 0.351 e. The van der Waals surface area contributed by atoms with Crippen LogP contribution in [0, 0.1) is 0 Å². The minimum atomic E-state index is -0.160. The highest BCUT2D eigenvalue weighted by atomic mass is 32.1. The van der Waals surface area contributed by atoms with Crippen LogP contribution in [-0.4, -0.2) is 51.3 Å². The normalized spacial score (nSPS) is 14.0. The number of aromatic nitrogens is 3. The Morgan fingerprint density at radius 3 is 2.96 bits per heavy atom. The van der Waals surface area contributed by atoms with E-state index in [9.17, 15) is 9.59 Å². The summed E-state index contributed by atoms with van der Waals surface area (Å²) in [6.07, 6.45) is 8.61. The molecular formula is C15H18N6O2S. The smallest absolute Gasteiger partial charge is 0.263 e. The molecule has 0 atom stereocenters. The summed E-state index contributed by atoms with van der Waals surface area (Å²) in [4.78, 5) is 38.2. The highest BCUT2D eigenvalue weighted by Gasteiger charge is 2.19. The summed E-state index contributed by atoms with van der Waals surface area (Å²) in [6, 6.07) is 0. The Morgan fingerprint density at radius 1 is 1.29 bits per heavy atom. The van der Waals surface area contributed by atoms with Crippen molar-refractivity contribution in [1.29, 1.82) is 0 Å². The second-order valence-corrected chi connectivity index (χ2v) is 6.37. The number of hydrogen-bond donors (Lipinski definition) is 2. The van der Waals surface area contributed by atoms with E-state index in [0.717, 1.165) is 19.4 Å². The van der Waals surface area contributed by atoms with Crippen LogP contribution in [0.4, 0.5) is 10.9 Å². The quantitative estimate of drug-likeness (QED) is 0.736. The van der Waals surface area contributed by atoms with E-state index in [1.54, 1.807) is 18.6 Å². The number of rotatable bonds is 7. The van der Waals surface area contributed by atoms with E-state index in [0.29, 0.717) is 35.3 Å². The highest BCUT2D eigenvalue weighted by Crippen LogP contribution is 2.20. The first-order valence-corrected chi connectivity index (χ1v) is 8.59. The van der Waals surface area contributed by atoms with Gasteiger partial charge in [0.25, 0.3) is 5.91 Å². The van der Waals surface area contributed by atoms with Crippen molar-refractivity contribution in [3.63, 3.8) is 0 Å². The number of likely N-dealkylation sites (tertiary alicyclic amines) is 1. The van der Waals surface area contributed by atoms with Crippen LogP contribution in [0.1, 0.15) is 28.9 Å². The second kappa shape index (κ2) is 7.82. The molecule has 1 fully saturated rings. The highest BCUT2D eigenvalue weighted by molar-refractivity contribution is 7.17. The van der Waals surface area contributed by atoms with Crippen molar-refractivity contribution in [3.05, 3.63) is 29.7 Å². The monoisotopic (exact) mass is 346 g/mol. The van der Waals surface area contributed by atoms with Gasteiger partial charge in [0.2, 0.25) is 5.91 Å². The lowest BCUT2D eigenvalue weighted by Gasteiger charge is -2.15. The maximum absolute atomic E-state index is 12.1. The molecule has 0 aromatic carbocycles. The minimum absolute atomic E-state index is 0.160. The third kappa shape index (κ3) is 4.25. The van der Waals surface area contributed by atoms with E-state index in [4.69, 9.17) is 0 Å². The lowest BCUT2D eigenvalue weighted by molar-refractivity contribution is -0.127. The van der Waals surface area contributed by atoms with Crippen LogP contribution in [-0.2, 0) is 4.79 Å². The zero-order chi connectivity index (χ0) is 16.8. The number of amides is 2. The molecular weight excluding hydrogens is 328 g/mol. The third-order valence-electron chi connectivity index (χ3n) is 3.59. The Labute approximate surface area is 143 Å². The maximum Gasteiger partial charge on any atom is 0.263 e. The lowest BCUT2D eigenvalue weighted by atomic mass is 10.3. The van der Waals surface area contributed by atoms with Crippen LogP contribution in [0.3, 0.4) is 0 Å². The van der Waals surface area contributed by atoms with Gasteiger partial charge < -0.3 is 15.5 Å². The van der Waals surface area contributed by atoms with Crippen LogP contribution in [0.15, 0.2) is 24.8 Å². The predicted molar refractivity (Wildman–Crippen MR) is 90.2 cm³/mol. The SMILES string of the molecule is O=C(NCCCN1CCCC1=O)c1cnc(Nc2cnccn2)s1. The summed E-state index contributed by atoms with van der Waals surface area (Å²) in [6.45, 7) is 2.06. The summed E-state index contributed by atoms with van der Waals surface area (Å²) < 4.78 is 0. The van der Waals surface area contributed by atoms with Crippen molar-refractivity contribution < 1.29 is 9.59 Å². The number of nitrogens with zero attached hydrogens (tertiary/aromatic N) is 4. The van der Waals surface area contributed by atoms with E-state index in [2.05, 4.69) is 25.6 Å². The van der Waals surface area contributed by atoms with Crippen molar-refractivity contribution in [3.8, 4) is 0 Å². The van der Waals surface area contributed by atoms with E-state index < -0.39 is 0 Å². The average molecular weight is 346 g/mol. The maximum atomic E-state index is 12.1. The fourth-order valence-corrected chi connectivity index (χ4v) is 3.15. The Hall–Kier alpha value is -2.55. The van der Waals surface area contributed by atoms with E-state index >= 15 is 0 Å². The molecule has 126 valence electrons. The van der Waals surface area contributed by atoms with Gasteiger partial charge in [-0.3, -0.25) is 14.6 Å². The third-order valence-corrected chi connectivity index (χ3v) is 4.50. The summed E-state index contributed by atoms with van der Waals surface area (Å²) >= 11 is 1.25. The van der Waals surface area contributed by atoms with Crippen LogP contribution in [0.5, 0.6) is 0 Å². The number of nitrogens with one attached hydrogen (secondary N) is 2. The van der Waals surface area contributed by atoms with Gasteiger partial charge in [-0.05, 0) is 12.8 Å². The molecule has 0 radical (unpaired) electrons. The molecule has 2 amide bonds. The number of hydrogen-bond acceptors (Lipinski definition) is 7. The molecule has 24 heavy (non-hydrogen) atoms. The Balaban J connectivity index is 1.43. The molecule has 0 aliphatic carbocycles. The van der Waals surface area contributed by atoms with Crippen LogP contribution < -0.4 is 10.6 Å². The molecule has 1 saturated heterocycles. The van der Waals surface area contributed by atoms with E-state index in [-0.39, 0.29) is 11.8 Å². The Kier molecular flexibility index (Phi) is 5.32. The van der Waals surface area contributed by atoms with Gasteiger partial charge in [-0.2, -0.15) is 0 Å². The van der Waals surface area contributed by atoms with Crippen molar-refractivity contribution in [1.82, 2.24) is 25.2 Å². The van der Waals surface area contributed by atoms with Crippen LogP contribution in [0.25, 0.3) is 0 Å². The summed E-state index contributed by atoms with van der Waals surface area (Å²) in [7, 11) is 0. The average Bonchev–Trinajstić information content (AvgIpc) is 3.22. The van der Waals surface area contributed by atoms with E-state index in [1.165, 1.54) is 17.5 Å². The molecule has 1 aliphatic heterocycles. The first-order valence-electron chi connectivity index (χ1n) is 7.77. The van der Waals surface area contributed by atoms with Gasteiger partial charge in [-0.15, -0.1) is 0 Å². The topological polar surface area (TPSA) is 100 Å². The van der Waals surface area contributed by atoms with Gasteiger partial charge in [0.15, 0.2) is 10.9 Å². The molecule has 3 rings (SSSR count). The number of carbonyl (C=O) groups excluding carboxylic acids is 2. The standard InChI is InChI=1S/C15H18N6O2S/c22-13-3-1-7-21(13)8-2-4-18-14(23)11-9-19-15(24-11)20-12-10-16-5-6-17-12/h5-6,9-10H,1-4,7-8H2,(H,18,23)(H,17,19,20). The van der Waals surface area contributed by atoms with Crippen LogP contribution in [0.2, 0.25) is 0 Å². The molecule has 8 nitrogen and oxygen atoms in total. The van der Waals surface area contributed by atoms with Gasteiger partial charge in [0, 0.05) is 38.4 Å². The number of anilines is 2. The van der Waals surface area contributed by atoms with Crippen LogP contribution >= 0.6 is 11.3 Å².